The number of hydrogen-bond donors (Lipinski definition) is 15. The van der Waals surface area contributed by atoms with Crippen LogP contribution in [0.4, 0.5) is 56.9 Å². The number of phenolic OH excluding ortho intramolecular Hbond substituents is 2. The Kier molecular flexibility index (Phi) is 19.8. The highest BCUT2D eigenvalue weighted by Crippen LogP contribution is 2.52. The number of azo groups is 4. The van der Waals surface area contributed by atoms with Crippen molar-refractivity contribution in [2.75, 3.05) is 5.73 Å². The van der Waals surface area contributed by atoms with Gasteiger partial charge < -0.3 is 31.4 Å². The van der Waals surface area contributed by atoms with E-state index in [1.807, 2.05) is 0 Å². The number of fused-ring (bicyclic) bond motifs is 2. The Morgan fingerprint density at radius 2 is 1.04 bits per heavy atom. The van der Waals surface area contributed by atoms with Gasteiger partial charge in [-0.25, -0.2) is 20.5 Å². The van der Waals surface area contributed by atoms with Crippen molar-refractivity contribution in [3.63, 3.8) is 0 Å². The molecule has 8 rings (SSSR count). The van der Waals surface area contributed by atoms with Gasteiger partial charge in [0, 0.05) is 28.3 Å². The molecule has 0 spiro atoms. The molecule has 492 valence electrons. The first kappa shape index (κ1) is 70.0. The third kappa shape index (κ3) is 15.0. The zero-order valence-electron chi connectivity index (χ0n) is 44.1. The van der Waals surface area contributed by atoms with E-state index in [0.29, 0.717) is 35.0 Å². The summed E-state index contributed by atoms with van der Waals surface area (Å²) < 4.78 is 221. The number of anilines is 1. The largest absolute Gasteiger partial charge is 0.595 e. The van der Waals surface area contributed by atoms with Gasteiger partial charge in [0.15, 0.2) is 22.9 Å². The van der Waals surface area contributed by atoms with Gasteiger partial charge in [-0.1, -0.05) is 10.1 Å². The molecule has 8 aromatic rings. The highest BCUT2D eigenvalue weighted by Gasteiger charge is 2.32. The minimum Gasteiger partial charge on any atom is -0.595 e. The number of nitrogen functional groups attached to an aromatic ring is 1. The van der Waals surface area contributed by atoms with Crippen molar-refractivity contribution in [2.24, 2.45) is 40.9 Å². The molecule has 1 unspecified atom stereocenters. The molecule has 43 nitrogen and oxygen atoms in total. The zero-order valence-corrected chi connectivity index (χ0v) is 50.6. The van der Waals surface area contributed by atoms with Gasteiger partial charge >= 0.3 is 5.97 Å². The number of carbonyl (C=O) groups is 1. The Balaban J connectivity index is 1.28. The van der Waals surface area contributed by atoms with E-state index in [-0.39, 0.29) is 35.8 Å². The number of aromatic hydroxyl groups is 3. The van der Waals surface area contributed by atoms with Gasteiger partial charge in [-0.3, -0.25) is 27.3 Å². The fraction of sp³-hybridized carbons (Fsp3) is 0. The molecule has 0 amide bonds. The summed E-state index contributed by atoms with van der Waals surface area (Å²) in [5.74, 6) is -5.80. The number of hydrogen-bond acceptors (Lipinski definition) is 36. The highest BCUT2D eigenvalue weighted by molar-refractivity contribution is 7.95. The average molecular weight is 1460 g/mol. The van der Waals surface area contributed by atoms with Gasteiger partial charge in [-0.2, -0.15) is 65.5 Å². The summed E-state index contributed by atoms with van der Waals surface area (Å²) in [7, 11) is -32.7. The molecule has 16 N–H and O–H groups in total. The summed E-state index contributed by atoms with van der Waals surface area (Å²) in [6, 6.07) is 9.23. The lowest BCUT2D eigenvalue weighted by molar-refractivity contribution is -0.991. The monoisotopic (exact) mass is 1450 g/mol. The molecule has 0 fully saturated rings. The van der Waals surface area contributed by atoms with E-state index < -0.39 is 213 Å². The Morgan fingerprint density at radius 1 is 0.516 bits per heavy atom. The van der Waals surface area contributed by atoms with Crippen molar-refractivity contribution in [1.82, 2.24) is 9.78 Å². The van der Waals surface area contributed by atoms with Crippen molar-refractivity contribution < 1.29 is 143 Å². The fourth-order valence-electron chi connectivity index (χ4n) is 7.99. The second-order valence-corrected chi connectivity index (χ2v) is 27.3. The number of phenols is 2. The fourth-order valence-corrected chi connectivity index (χ4v) is 12.9. The first-order valence-corrected chi connectivity index (χ1v) is 33.3. The smallest absolute Gasteiger partial charge is 0.358 e. The van der Waals surface area contributed by atoms with Crippen molar-refractivity contribution in [3.8, 4) is 23.1 Å². The third-order valence-electron chi connectivity index (χ3n) is 11.9. The van der Waals surface area contributed by atoms with Crippen LogP contribution in [0.15, 0.2) is 165 Å². The minimum absolute atomic E-state index is 0.0577. The van der Waals surface area contributed by atoms with Gasteiger partial charge in [0.2, 0.25) is 11.6 Å². The SMILES string of the molecule is Nc1c(N=Nc2ccc3c(O)c(N=Nc4cc(N=Nc5c(C(=O)O)nn(-c6ccc(S(=O)(=O)O)cc6)c5O)c(S(=O)(=O)O)cc4SOOO)c(S(=O)(=O)O)cc3c2S(=O)(=O)O)cc(S(=O)(=O)O)c2cc(SOOO)c(N=Nc3ccc([NH+]([O-])O)cc3S(=O)(=O)O)c(O)c12. The zero-order chi connectivity index (χ0) is 68.8. The maximum atomic E-state index is 13.3. The van der Waals surface area contributed by atoms with Gasteiger partial charge in [0.05, 0.1) is 55.5 Å². The van der Waals surface area contributed by atoms with E-state index in [1.165, 1.54) is 0 Å². The standard InChI is InChI=1S/C42H30N12O31S8/c43-33-25(13-28(89(67,68)69)20-10-27(87-85-83-63)34(39(56)32(20)33)49-44-21-7-3-16(54(60)61)9-29(21)90(70,71)72)48-45-22-8-6-18-19(40(22)93(79,80)81)11-31(92(76,77)78)35(38(18)55)50-46-23-12-24(30(91(73,74)75)14-26(23)86-84-82-62)47-51-36-37(42(58)59)52-53(41(36)57)15-1-4-17(5-2-15)88(64,65)66/h1-14,54-57,60,62-63H,43H2,(H,58,59)(H,64,65,66)(H,67,68,69)(H,70,71,72)(H,73,74,75)(H,76,77,78)(H,79,80,81). The van der Waals surface area contributed by atoms with Crippen LogP contribution in [0.25, 0.3) is 27.2 Å². The molecule has 0 radical (unpaired) electrons. The number of quaternary nitrogens is 1. The van der Waals surface area contributed by atoms with Crippen LogP contribution in [-0.2, 0) is 79.5 Å². The quantitative estimate of drug-likeness (QED) is 0.00766. The van der Waals surface area contributed by atoms with E-state index >= 15 is 0 Å². The molecule has 1 heterocycles. The molecule has 1 aromatic heterocycles. The second kappa shape index (κ2) is 26.3. The third-order valence-corrected chi connectivity index (χ3v) is 18.5. The molecule has 0 aliphatic rings. The maximum absolute atomic E-state index is 13.3. The van der Waals surface area contributed by atoms with Crippen LogP contribution >= 0.6 is 24.1 Å². The van der Waals surface area contributed by atoms with Gasteiger partial charge in [0.1, 0.15) is 64.3 Å². The molecule has 0 saturated carbocycles. The van der Waals surface area contributed by atoms with Gasteiger partial charge in [-0.05, 0) is 72.8 Å². The Hall–Kier alpha value is -8.86. The van der Waals surface area contributed by atoms with E-state index in [4.69, 9.17) is 16.2 Å². The summed E-state index contributed by atoms with van der Waals surface area (Å²) in [5, 5.41) is 118. The first-order chi connectivity index (χ1) is 43.2. The summed E-state index contributed by atoms with van der Waals surface area (Å²) in [6.45, 7) is 0. The number of aromatic nitrogens is 2. The van der Waals surface area contributed by atoms with E-state index in [9.17, 15) is 113 Å². The summed E-state index contributed by atoms with van der Waals surface area (Å²) in [5.41, 5.74) is -4.59. The predicted molar refractivity (Wildman–Crippen MR) is 303 cm³/mol. The molecular weight excluding hydrogens is 1430 g/mol. The Bertz CT molecular complexity index is 5310. The van der Waals surface area contributed by atoms with Crippen molar-refractivity contribution in [1.29, 1.82) is 0 Å². The number of nitrogens with one attached hydrogen (secondary N) is 1. The molecule has 0 aliphatic carbocycles. The van der Waals surface area contributed by atoms with Gasteiger partial charge in [0.25, 0.3) is 60.7 Å². The van der Waals surface area contributed by atoms with Crippen LogP contribution in [0.1, 0.15) is 10.5 Å². The number of nitrogens with two attached hydrogens (primary N) is 1. The maximum Gasteiger partial charge on any atom is 0.358 e. The summed E-state index contributed by atoms with van der Waals surface area (Å²) in [6.07, 6.45) is 0. The van der Waals surface area contributed by atoms with Crippen LogP contribution < -0.4 is 11.0 Å². The Morgan fingerprint density at radius 3 is 1.60 bits per heavy atom. The highest BCUT2D eigenvalue weighted by atomic mass is 32.2. The van der Waals surface area contributed by atoms with Crippen LogP contribution in [-0.4, -0.2) is 130 Å². The molecular formula is C42H30N12O31S8. The number of carboxylic acids is 1. The minimum atomic E-state index is -5.83. The second-order valence-electron chi connectivity index (χ2n) is 17.5. The molecule has 1 atom stereocenters. The van der Waals surface area contributed by atoms with Crippen LogP contribution in [0.3, 0.4) is 0 Å². The first-order valence-electron chi connectivity index (χ1n) is 23.1. The number of rotatable bonds is 23. The average Bonchev–Trinajstić information content (AvgIpc) is 1.40. The summed E-state index contributed by atoms with van der Waals surface area (Å²) >= 11 is -0.201. The van der Waals surface area contributed by atoms with Crippen molar-refractivity contribution in [2.45, 2.75) is 39.2 Å². The van der Waals surface area contributed by atoms with Crippen LogP contribution in [0, 0.1) is 5.21 Å². The Labute approximate surface area is 523 Å². The van der Waals surface area contributed by atoms with Gasteiger partial charge in [-0.15, -0.1) is 49.6 Å². The van der Waals surface area contributed by atoms with Crippen LogP contribution in [0.2, 0.25) is 0 Å². The predicted octanol–water partition coefficient (Wildman–Crippen LogP) is 6.98. The lowest BCUT2D eigenvalue weighted by Gasteiger charge is -2.15. The van der Waals surface area contributed by atoms with E-state index in [2.05, 4.69) is 64.8 Å². The van der Waals surface area contributed by atoms with Crippen LogP contribution in [0.5, 0.6) is 17.4 Å². The number of aromatic carboxylic acids is 1. The molecule has 51 heteroatoms. The van der Waals surface area contributed by atoms with E-state index in [0.717, 1.165) is 48.5 Å². The molecule has 0 aliphatic heterocycles. The van der Waals surface area contributed by atoms with E-state index in [1.54, 1.807) is 0 Å². The number of nitrogens with zero attached hydrogens (tertiary/aromatic N) is 10. The van der Waals surface area contributed by atoms with Crippen molar-refractivity contribution in [3.05, 3.63) is 95.8 Å². The molecule has 0 saturated heterocycles. The summed E-state index contributed by atoms with van der Waals surface area (Å²) in [4.78, 5) is 3.55. The lowest BCUT2D eigenvalue weighted by atomic mass is 10.0. The lowest BCUT2D eigenvalue weighted by Crippen LogP contribution is -2.99. The molecule has 7 aromatic carbocycles. The number of carboxylic acid groups (broad SMARTS) is 1. The number of benzene rings is 7. The topological polar surface area (TPSA) is 692 Å². The molecule has 0 bridgehead atoms. The normalized spacial score (nSPS) is 13.4. The molecule has 93 heavy (non-hydrogen) atoms. The van der Waals surface area contributed by atoms with Crippen molar-refractivity contribution >= 4 is 169 Å².